The Hall–Kier alpha value is -0.830. The van der Waals surface area contributed by atoms with Gasteiger partial charge in [0.1, 0.15) is 0 Å². The van der Waals surface area contributed by atoms with Crippen LogP contribution < -0.4 is 5.32 Å². The molecule has 19 heavy (non-hydrogen) atoms. The van der Waals surface area contributed by atoms with E-state index in [9.17, 15) is 4.79 Å². The maximum absolute atomic E-state index is 12.0. The highest BCUT2D eigenvalue weighted by Gasteiger charge is 2.23. The maximum atomic E-state index is 12.0. The summed E-state index contributed by atoms with van der Waals surface area (Å²) in [4.78, 5) is 12.0. The summed E-state index contributed by atoms with van der Waals surface area (Å²) in [5, 5.41) is 3.06. The number of carbonyl (C=O) groups is 1. The van der Waals surface area contributed by atoms with Gasteiger partial charge in [0.2, 0.25) is 5.91 Å². The number of hydrogen-bond acceptors (Lipinski definition) is 1. The quantitative estimate of drug-likeness (QED) is 0.854. The van der Waals surface area contributed by atoms with Gasteiger partial charge in [-0.25, -0.2) is 0 Å². The second-order valence-electron chi connectivity index (χ2n) is 6.31. The van der Waals surface area contributed by atoms with E-state index in [-0.39, 0.29) is 17.4 Å². The van der Waals surface area contributed by atoms with Gasteiger partial charge in [0.25, 0.3) is 0 Å². The molecule has 2 nitrogen and oxygen atoms in total. The molecule has 0 saturated heterocycles. The Morgan fingerprint density at radius 2 is 1.74 bits per heavy atom. The van der Waals surface area contributed by atoms with Gasteiger partial charge in [-0.05, 0) is 36.0 Å². The van der Waals surface area contributed by atoms with Crippen LogP contribution in [0.5, 0.6) is 0 Å². The molecular weight excluding hydrogens is 302 g/mol. The van der Waals surface area contributed by atoms with E-state index in [1.54, 1.807) is 0 Å². The zero-order chi connectivity index (χ0) is 14.6. The second-order valence-corrected chi connectivity index (χ2v) is 7.23. The Bertz CT molecular complexity index is 419. The molecule has 1 amide bonds. The zero-order valence-electron chi connectivity index (χ0n) is 12.5. The van der Waals surface area contributed by atoms with E-state index in [1.807, 2.05) is 31.2 Å². The molecule has 0 saturated carbocycles. The van der Waals surface area contributed by atoms with Crippen LogP contribution in [0.1, 0.15) is 52.6 Å². The monoisotopic (exact) mass is 325 g/mol. The number of benzene rings is 1. The predicted molar refractivity (Wildman–Crippen MR) is 83.9 cm³/mol. The van der Waals surface area contributed by atoms with E-state index in [4.69, 9.17) is 0 Å². The third-order valence-electron chi connectivity index (χ3n) is 3.72. The molecule has 0 aliphatic heterocycles. The molecule has 1 aromatic rings. The topological polar surface area (TPSA) is 29.1 Å². The van der Waals surface area contributed by atoms with Gasteiger partial charge in [0.15, 0.2) is 0 Å². The number of amides is 1. The third kappa shape index (κ3) is 5.35. The highest BCUT2D eigenvalue weighted by molar-refractivity contribution is 9.10. The summed E-state index contributed by atoms with van der Waals surface area (Å²) in [6, 6.07) is 8.10. The van der Waals surface area contributed by atoms with E-state index < -0.39 is 0 Å². The van der Waals surface area contributed by atoms with Crippen molar-refractivity contribution in [2.75, 3.05) is 0 Å². The van der Waals surface area contributed by atoms with E-state index in [1.165, 1.54) is 0 Å². The lowest BCUT2D eigenvalue weighted by Gasteiger charge is -2.27. The molecular formula is C16H24BrNO. The summed E-state index contributed by atoms with van der Waals surface area (Å²) in [6.07, 6.45) is 0.574. The predicted octanol–water partition coefficient (Wildman–Crippen LogP) is 4.70. The first-order chi connectivity index (χ1) is 8.70. The fourth-order valence-electron chi connectivity index (χ4n) is 1.72. The fourth-order valence-corrected chi connectivity index (χ4v) is 1.98. The molecule has 0 aromatic heterocycles. The lowest BCUT2D eigenvalue weighted by Crippen LogP contribution is -2.31. The van der Waals surface area contributed by atoms with Gasteiger partial charge in [-0.2, -0.15) is 0 Å². The Labute approximate surface area is 125 Å². The molecule has 0 aliphatic carbocycles. The summed E-state index contributed by atoms with van der Waals surface area (Å²) in [6.45, 7) is 10.7. The normalized spacial score (nSPS) is 14.8. The number of carbonyl (C=O) groups excluding carboxylic acids is 1. The van der Waals surface area contributed by atoms with Gasteiger partial charge in [-0.1, -0.05) is 55.8 Å². The van der Waals surface area contributed by atoms with Crippen LogP contribution in [0.4, 0.5) is 0 Å². The van der Waals surface area contributed by atoms with Crippen molar-refractivity contribution in [2.45, 2.75) is 47.1 Å². The van der Waals surface area contributed by atoms with Crippen LogP contribution in [0.2, 0.25) is 0 Å². The van der Waals surface area contributed by atoms with Crippen molar-refractivity contribution >= 4 is 21.8 Å². The molecule has 0 spiro atoms. The van der Waals surface area contributed by atoms with E-state index in [0.717, 1.165) is 10.0 Å². The average Bonchev–Trinajstić information content (AvgIpc) is 2.28. The molecule has 0 aliphatic rings. The van der Waals surface area contributed by atoms with Crippen LogP contribution in [0.25, 0.3) is 0 Å². The summed E-state index contributed by atoms with van der Waals surface area (Å²) in [7, 11) is 0. The molecule has 3 heteroatoms. The molecule has 106 valence electrons. The van der Waals surface area contributed by atoms with Gasteiger partial charge in [0.05, 0.1) is 6.04 Å². The summed E-state index contributed by atoms with van der Waals surface area (Å²) < 4.78 is 1.05. The van der Waals surface area contributed by atoms with Crippen LogP contribution in [-0.2, 0) is 4.79 Å². The molecule has 0 fully saturated rings. The molecule has 2 unspecified atom stereocenters. The minimum atomic E-state index is 0.0489. The smallest absolute Gasteiger partial charge is 0.220 e. The van der Waals surface area contributed by atoms with Gasteiger partial charge in [-0.3, -0.25) is 4.79 Å². The number of hydrogen-bond donors (Lipinski definition) is 1. The molecule has 2 atom stereocenters. The first-order valence-corrected chi connectivity index (χ1v) is 7.54. The van der Waals surface area contributed by atoms with Crippen LogP contribution in [0, 0.1) is 11.3 Å². The largest absolute Gasteiger partial charge is 0.350 e. The van der Waals surface area contributed by atoms with Crippen LogP contribution in [-0.4, -0.2) is 5.91 Å². The van der Waals surface area contributed by atoms with Crippen molar-refractivity contribution in [1.82, 2.24) is 5.32 Å². The van der Waals surface area contributed by atoms with Crippen LogP contribution >= 0.6 is 15.9 Å². The minimum Gasteiger partial charge on any atom is -0.350 e. The molecule has 1 aromatic carbocycles. The van der Waals surface area contributed by atoms with Gasteiger partial charge in [0, 0.05) is 10.9 Å². The Balaban J connectivity index is 2.55. The van der Waals surface area contributed by atoms with Crippen molar-refractivity contribution in [2.24, 2.45) is 11.3 Å². The third-order valence-corrected chi connectivity index (χ3v) is 4.25. The number of rotatable bonds is 4. The zero-order valence-corrected chi connectivity index (χ0v) is 14.0. The minimum absolute atomic E-state index is 0.0489. The Morgan fingerprint density at radius 1 is 1.21 bits per heavy atom. The number of halogens is 1. The van der Waals surface area contributed by atoms with Crippen molar-refractivity contribution in [1.29, 1.82) is 0 Å². The first-order valence-electron chi connectivity index (χ1n) is 6.75. The Kier molecular flexibility index (Phi) is 5.60. The second kappa shape index (κ2) is 6.56. The molecule has 0 heterocycles. The SMILES string of the molecule is CC(NC(=O)CC(C)C(C)(C)C)c1ccc(Br)cc1. The molecule has 1 rings (SSSR count). The van der Waals surface area contributed by atoms with Crippen molar-refractivity contribution in [3.8, 4) is 0 Å². The fraction of sp³-hybridized carbons (Fsp3) is 0.562. The lowest BCUT2D eigenvalue weighted by molar-refractivity contribution is -0.123. The summed E-state index contributed by atoms with van der Waals surface area (Å²) >= 11 is 3.41. The molecule has 0 radical (unpaired) electrons. The first kappa shape index (κ1) is 16.2. The average molecular weight is 326 g/mol. The maximum Gasteiger partial charge on any atom is 0.220 e. The standard InChI is InChI=1S/C16H24BrNO/c1-11(16(3,4)5)10-15(19)18-12(2)13-6-8-14(17)9-7-13/h6-9,11-12H,10H2,1-5H3,(H,18,19). The van der Waals surface area contributed by atoms with Crippen LogP contribution in [0.15, 0.2) is 28.7 Å². The van der Waals surface area contributed by atoms with Crippen molar-refractivity contribution in [3.63, 3.8) is 0 Å². The Morgan fingerprint density at radius 3 is 2.21 bits per heavy atom. The molecule has 0 bridgehead atoms. The summed E-state index contributed by atoms with van der Waals surface area (Å²) in [5.41, 5.74) is 1.29. The van der Waals surface area contributed by atoms with Gasteiger partial charge < -0.3 is 5.32 Å². The highest BCUT2D eigenvalue weighted by Crippen LogP contribution is 2.28. The van der Waals surface area contributed by atoms with Gasteiger partial charge in [-0.15, -0.1) is 0 Å². The van der Waals surface area contributed by atoms with Crippen LogP contribution in [0.3, 0.4) is 0 Å². The van der Waals surface area contributed by atoms with E-state index >= 15 is 0 Å². The lowest BCUT2D eigenvalue weighted by atomic mass is 9.80. The highest BCUT2D eigenvalue weighted by atomic mass is 79.9. The molecule has 1 N–H and O–H groups in total. The van der Waals surface area contributed by atoms with Crippen molar-refractivity contribution < 1.29 is 4.79 Å². The van der Waals surface area contributed by atoms with Gasteiger partial charge >= 0.3 is 0 Å². The summed E-state index contributed by atoms with van der Waals surface area (Å²) in [5.74, 6) is 0.488. The van der Waals surface area contributed by atoms with E-state index in [2.05, 4.69) is 48.9 Å². The van der Waals surface area contributed by atoms with Crippen molar-refractivity contribution in [3.05, 3.63) is 34.3 Å². The number of nitrogens with one attached hydrogen (secondary N) is 1. The van der Waals surface area contributed by atoms with E-state index in [0.29, 0.717) is 12.3 Å².